The van der Waals surface area contributed by atoms with Gasteiger partial charge in [0.1, 0.15) is 0 Å². The van der Waals surface area contributed by atoms with E-state index in [1.807, 2.05) is 0 Å². The molecule has 0 unspecified atom stereocenters. The van der Waals surface area contributed by atoms with Crippen LogP contribution in [0.25, 0.3) is 10.9 Å². The van der Waals surface area contributed by atoms with E-state index < -0.39 is 0 Å². The van der Waals surface area contributed by atoms with E-state index in [1.54, 1.807) is 0 Å². The number of pyridine rings is 1. The Hall–Kier alpha value is -1.13. The molecule has 20 heavy (non-hydrogen) atoms. The van der Waals surface area contributed by atoms with Crippen molar-refractivity contribution in [2.45, 2.75) is 6.92 Å². The van der Waals surface area contributed by atoms with Crippen LogP contribution >= 0.6 is 15.9 Å². The molecule has 1 aromatic carbocycles. The molecule has 106 valence electrons. The molecular formula is C16H20BrN3. The number of fused-ring (bicyclic) bond motifs is 1. The van der Waals surface area contributed by atoms with E-state index in [1.165, 1.54) is 11.1 Å². The first-order chi connectivity index (χ1) is 9.78. The van der Waals surface area contributed by atoms with Crippen LogP contribution in [-0.4, -0.2) is 47.9 Å². The van der Waals surface area contributed by atoms with Crippen molar-refractivity contribution in [3.05, 3.63) is 36.0 Å². The predicted octanol–water partition coefficient (Wildman–Crippen LogP) is 3.06. The lowest BCUT2D eigenvalue weighted by molar-refractivity contribution is 0.274. The number of benzene rings is 1. The molecule has 1 saturated heterocycles. The zero-order valence-corrected chi connectivity index (χ0v) is 13.4. The monoisotopic (exact) mass is 333 g/mol. The summed E-state index contributed by atoms with van der Waals surface area (Å²) < 4.78 is 0. The smallest absolute Gasteiger partial charge is 0.0726 e. The molecule has 0 saturated carbocycles. The number of anilines is 1. The summed E-state index contributed by atoms with van der Waals surface area (Å²) in [7, 11) is 0. The van der Waals surface area contributed by atoms with Gasteiger partial charge < -0.3 is 4.90 Å². The van der Waals surface area contributed by atoms with Crippen LogP contribution < -0.4 is 4.90 Å². The Morgan fingerprint density at radius 3 is 2.65 bits per heavy atom. The molecule has 1 aliphatic rings. The highest BCUT2D eigenvalue weighted by molar-refractivity contribution is 9.09. The fourth-order valence-corrected chi connectivity index (χ4v) is 3.38. The zero-order valence-electron chi connectivity index (χ0n) is 11.8. The lowest BCUT2D eigenvalue weighted by atomic mass is 10.1. The van der Waals surface area contributed by atoms with Crippen molar-refractivity contribution in [1.29, 1.82) is 0 Å². The Bertz CT molecular complexity index is 591. The summed E-state index contributed by atoms with van der Waals surface area (Å²) in [5, 5.41) is 2.33. The minimum absolute atomic E-state index is 1.06. The number of piperazine rings is 1. The first-order valence-electron chi connectivity index (χ1n) is 7.17. The molecule has 1 fully saturated rings. The normalized spacial score (nSPS) is 16.8. The Morgan fingerprint density at radius 2 is 1.90 bits per heavy atom. The fraction of sp³-hybridized carbons (Fsp3) is 0.438. The number of rotatable bonds is 3. The van der Waals surface area contributed by atoms with Gasteiger partial charge >= 0.3 is 0 Å². The van der Waals surface area contributed by atoms with Crippen LogP contribution in [-0.2, 0) is 0 Å². The number of para-hydroxylation sites is 1. The second kappa shape index (κ2) is 6.10. The van der Waals surface area contributed by atoms with E-state index in [9.17, 15) is 0 Å². The Balaban J connectivity index is 1.87. The lowest BCUT2D eigenvalue weighted by Gasteiger charge is -2.36. The van der Waals surface area contributed by atoms with Gasteiger partial charge in [-0.2, -0.15) is 0 Å². The highest BCUT2D eigenvalue weighted by atomic mass is 79.9. The van der Waals surface area contributed by atoms with Crippen molar-refractivity contribution in [1.82, 2.24) is 9.88 Å². The van der Waals surface area contributed by atoms with Crippen molar-refractivity contribution in [3.63, 3.8) is 0 Å². The van der Waals surface area contributed by atoms with Crippen LogP contribution in [0.2, 0.25) is 0 Å². The first kappa shape index (κ1) is 13.8. The van der Waals surface area contributed by atoms with Crippen molar-refractivity contribution in [2.24, 2.45) is 0 Å². The van der Waals surface area contributed by atoms with Crippen LogP contribution in [0.1, 0.15) is 5.69 Å². The molecule has 0 spiro atoms. The maximum absolute atomic E-state index is 4.63. The zero-order chi connectivity index (χ0) is 13.9. The number of hydrogen-bond donors (Lipinski definition) is 0. The number of alkyl halides is 1. The summed E-state index contributed by atoms with van der Waals surface area (Å²) in [6, 6.07) is 10.7. The van der Waals surface area contributed by atoms with Crippen molar-refractivity contribution in [2.75, 3.05) is 43.0 Å². The van der Waals surface area contributed by atoms with Crippen molar-refractivity contribution in [3.8, 4) is 0 Å². The topological polar surface area (TPSA) is 19.4 Å². The Kier molecular flexibility index (Phi) is 4.22. The second-order valence-electron chi connectivity index (χ2n) is 5.32. The molecule has 3 rings (SSSR count). The Morgan fingerprint density at radius 1 is 1.15 bits per heavy atom. The van der Waals surface area contributed by atoms with E-state index in [0.29, 0.717) is 0 Å². The average Bonchev–Trinajstić information content (AvgIpc) is 2.47. The van der Waals surface area contributed by atoms with Gasteiger partial charge in [-0.25, -0.2) is 0 Å². The lowest BCUT2D eigenvalue weighted by Crippen LogP contribution is -2.47. The van der Waals surface area contributed by atoms with E-state index in [-0.39, 0.29) is 0 Å². The van der Waals surface area contributed by atoms with E-state index in [2.05, 4.69) is 68.0 Å². The largest absolute Gasteiger partial charge is 0.368 e. The molecule has 3 nitrogen and oxygen atoms in total. The number of nitrogens with zero attached hydrogens (tertiary/aromatic N) is 3. The van der Waals surface area contributed by atoms with Gasteiger partial charge in [-0.15, -0.1) is 0 Å². The predicted molar refractivity (Wildman–Crippen MR) is 88.9 cm³/mol. The first-order valence-corrected chi connectivity index (χ1v) is 8.30. The molecule has 0 radical (unpaired) electrons. The average molecular weight is 334 g/mol. The molecule has 2 heterocycles. The van der Waals surface area contributed by atoms with Gasteiger partial charge in [0, 0.05) is 54.8 Å². The van der Waals surface area contributed by atoms with Gasteiger partial charge in [-0.1, -0.05) is 34.1 Å². The number of aromatic nitrogens is 1. The second-order valence-corrected chi connectivity index (χ2v) is 6.11. The van der Waals surface area contributed by atoms with Gasteiger partial charge in [0.25, 0.3) is 0 Å². The van der Waals surface area contributed by atoms with Gasteiger partial charge in [-0.05, 0) is 19.1 Å². The van der Waals surface area contributed by atoms with Crippen LogP contribution in [0.4, 0.5) is 5.69 Å². The molecule has 0 bridgehead atoms. The molecule has 1 aliphatic heterocycles. The van der Waals surface area contributed by atoms with Gasteiger partial charge in [0.15, 0.2) is 0 Å². The molecule has 0 amide bonds. The van der Waals surface area contributed by atoms with Gasteiger partial charge in [-0.3, -0.25) is 9.88 Å². The maximum atomic E-state index is 4.63. The van der Waals surface area contributed by atoms with E-state index in [4.69, 9.17) is 0 Å². The SMILES string of the molecule is Cc1cc(N2CCN(CCBr)CC2)c2ccccc2n1. The minimum Gasteiger partial charge on any atom is -0.368 e. The summed E-state index contributed by atoms with van der Waals surface area (Å²) in [6.45, 7) is 7.70. The fourth-order valence-electron chi connectivity index (χ4n) is 2.88. The summed E-state index contributed by atoms with van der Waals surface area (Å²) >= 11 is 3.52. The number of halogens is 1. The van der Waals surface area contributed by atoms with Crippen LogP contribution in [0.5, 0.6) is 0 Å². The highest BCUT2D eigenvalue weighted by Gasteiger charge is 2.18. The third-order valence-corrected chi connectivity index (χ3v) is 4.29. The molecule has 2 aromatic rings. The van der Waals surface area contributed by atoms with Gasteiger partial charge in [0.2, 0.25) is 0 Å². The highest BCUT2D eigenvalue weighted by Crippen LogP contribution is 2.27. The third-order valence-electron chi connectivity index (χ3n) is 3.94. The summed E-state index contributed by atoms with van der Waals surface area (Å²) in [5.41, 5.74) is 3.54. The van der Waals surface area contributed by atoms with Crippen molar-refractivity contribution >= 4 is 32.5 Å². The van der Waals surface area contributed by atoms with Crippen LogP contribution in [0.15, 0.2) is 30.3 Å². The van der Waals surface area contributed by atoms with Crippen molar-refractivity contribution < 1.29 is 0 Å². The molecule has 1 aromatic heterocycles. The standard InChI is InChI=1S/C16H20BrN3/c1-13-12-16(14-4-2-3-5-15(14)18-13)20-10-8-19(7-6-17)9-11-20/h2-5,12H,6-11H2,1H3. The molecule has 0 atom stereocenters. The molecule has 4 heteroatoms. The third kappa shape index (κ3) is 2.81. The van der Waals surface area contributed by atoms with E-state index in [0.717, 1.165) is 49.3 Å². The van der Waals surface area contributed by atoms with Gasteiger partial charge in [0.05, 0.1) is 5.52 Å². The molecule has 0 aliphatic carbocycles. The summed E-state index contributed by atoms with van der Waals surface area (Å²) in [6.07, 6.45) is 0. The summed E-state index contributed by atoms with van der Waals surface area (Å²) in [4.78, 5) is 9.65. The Labute approximate surface area is 128 Å². The number of aryl methyl sites for hydroxylation is 1. The molecular weight excluding hydrogens is 314 g/mol. The number of hydrogen-bond acceptors (Lipinski definition) is 3. The quantitative estimate of drug-likeness (QED) is 0.805. The van der Waals surface area contributed by atoms with E-state index >= 15 is 0 Å². The molecule has 0 N–H and O–H groups in total. The maximum Gasteiger partial charge on any atom is 0.0726 e. The van der Waals surface area contributed by atoms with Crippen LogP contribution in [0, 0.1) is 6.92 Å². The van der Waals surface area contributed by atoms with Crippen LogP contribution in [0.3, 0.4) is 0 Å². The minimum atomic E-state index is 1.06. The summed E-state index contributed by atoms with van der Waals surface area (Å²) in [5.74, 6) is 0.